The highest BCUT2D eigenvalue weighted by Crippen LogP contribution is 2.24. The van der Waals surface area contributed by atoms with E-state index in [9.17, 15) is 9.00 Å². The van der Waals surface area contributed by atoms with E-state index in [1.165, 1.54) is 0 Å². The second kappa shape index (κ2) is 7.97. The van der Waals surface area contributed by atoms with Gasteiger partial charge in [-0.3, -0.25) is 19.5 Å². The summed E-state index contributed by atoms with van der Waals surface area (Å²) in [6.45, 7) is 0.412. The van der Waals surface area contributed by atoms with Crippen molar-refractivity contribution in [3.05, 3.63) is 71.3 Å². The second-order valence-electron chi connectivity index (χ2n) is 6.75. The Labute approximate surface area is 159 Å². The number of hydroxylamine groups is 1. The zero-order chi connectivity index (χ0) is 19.3. The SMILES string of the molecule is C=S1(=O)CCC(NCc2ccc(C#Cc3ccccc3)cc2)(C(=O)NO)C1. The van der Waals surface area contributed by atoms with Crippen molar-refractivity contribution in [2.24, 2.45) is 0 Å². The summed E-state index contributed by atoms with van der Waals surface area (Å²) in [7, 11) is -2.31. The lowest BCUT2D eigenvalue weighted by atomic mass is 9.97. The Morgan fingerprint density at radius 1 is 1.11 bits per heavy atom. The van der Waals surface area contributed by atoms with Crippen molar-refractivity contribution in [1.82, 2.24) is 10.8 Å². The molecule has 27 heavy (non-hydrogen) atoms. The molecule has 1 saturated heterocycles. The third-order valence-electron chi connectivity index (χ3n) is 4.66. The Hall–Kier alpha value is -2.59. The average molecular weight is 382 g/mol. The van der Waals surface area contributed by atoms with Crippen LogP contribution in [0.25, 0.3) is 0 Å². The number of rotatable bonds is 4. The Kier molecular flexibility index (Phi) is 5.66. The lowest BCUT2D eigenvalue weighted by molar-refractivity contribution is -0.135. The van der Waals surface area contributed by atoms with Gasteiger partial charge in [-0.1, -0.05) is 42.2 Å². The average Bonchev–Trinajstić information content (AvgIpc) is 3.01. The molecule has 0 spiro atoms. The fraction of sp³-hybridized carbons (Fsp3) is 0.238. The van der Waals surface area contributed by atoms with Crippen LogP contribution in [0.1, 0.15) is 23.1 Å². The molecule has 0 aliphatic carbocycles. The summed E-state index contributed by atoms with van der Waals surface area (Å²) in [5.41, 5.74) is 3.45. The summed E-state index contributed by atoms with van der Waals surface area (Å²) in [4.78, 5) is 12.1. The molecular formula is C21H22N2O3S. The van der Waals surface area contributed by atoms with Crippen molar-refractivity contribution >= 4 is 21.3 Å². The molecule has 6 heteroatoms. The zero-order valence-corrected chi connectivity index (χ0v) is 15.7. The molecule has 5 nitrogen and oxygen atoms in total. The van der Waals surface area contributed by atoms with Crippen LogP contribution in [0.3, 0.4) is 0 Å². The molecule has 2 atom stereocenters. The van der Waals surface area contributed by atoms with Gasteiger partial charge in [-0.15, -0.1) is 0 Å². The van der Waals surface area contributed by atoms with Crippen molar-refractivity contribution < 1.29 is 14.2 Å². The number of benzene rings is 2. The second-order valence-corrected chi connectivity index (χ2v) is 9.38. The standard InChI is InChI=1S/C21H22N2O3S/c1-27(26)14-13-21(16-27,20(24)23-25)22-15-19-11-9-18(10-12-19)8-7-17-5-3-2-4-6-17/h2-6,9-12,22,25H,1,13-16H2,(H,23,24). The summed E-state index contributed by atoms with van der Waals surface area (Å²) < 4.78 is 12.2. The molecule has 0 aromatic heterocycles. The van der Waals surface area contributed by atoms with Crippen molar-refractivity contribution in [3.8, 4) is 11.8 Å². The van der Waals surface area contributed by atoms with Gasteiger partial charge in [0, 0.05) is 29.2 Å². The normalized spacial score (nSPS) is 24.0. The van der Waals surface area contributed by atoms with Crippen LogP contribution in [-0.2, 0) is 20.9 Å². The lowest BCUT2D eigenvalue weighted by Gasteiger charge is -2.27. The van der Waals surface area contributed by atoms with Gasteiger partial charge in [0.05, 0.1) is 0 Å². The van der Waals surface area contributed by atoms with E-state index in [2.05, 4.69) is 23.0 Å². The van der Waals surface area contributed by atoms with E-state index in [0.29, 0.717) is 18.7 Å². The number of carbonyl (C=O) groups is 1. The molecule has 1 aliphatic rings. The van der Waals surface area contributed by atoms with Crippen LogP contribution in [0.5, 0.6) is 0 Å². The number of nitrogens with one attached hydrogen (secondary N) is 2. The Bertz CT molecular complexity index is 974. The third kappa shape index (κ3) is 4.77. The topological polar surface area (TPSA) is 78.4 Å². The number of hydrogen-bond acceptors (Lipinski definition) is 4. The molecule has 140 valence electrons. The van der Waals surface area contributed by atoms with E-state index in [0.717, 1.165) is 16.7 Å². The highest BCUT2D eigenvalue weighted by molar-refractivity contribution is 8.00. The fourth-order valence-electron chi connectivity index (χ4n) is 3.10. The molecule has 1 heterocycles. The van der Waals surface area contributed by atoms with E-state index in [-0.39, 0.29) is 5.75 Å². The lowest BCUT2D eigenvalue weighted by Crippen LogP contribution is -2.57. The van der Waals surface area contributed by atoms with Gasteiger partial charge in [0.15, 0.2) is 0 Å². The van der Waals surface area contributed by atoms with E-state index in [1.54, 1.807) is 5.48 Å². The fourth-order valence-corrected chi connectivity index (χ4v) is 5.24. The van der Waals surface area contributed by atoms with Gasteiger partial charge in [0.2, 0.25) is 0 Å². The number of carbonyl (C=O) groups excluding carboxylic acids is 1. The molecule has 2 aromatic carbocycles. The van der Waals surface area contributed by atoms with E-state index in [1.807, 2.05) is 54.6 Å². The van der Waals surface area contributed by atoms with Crippen LogP contribution < -0.4 is 10.8 Å². The van der Waals surface area contributed by atoms with Crippen LogP contribution in [0.15, 0.2) is 54.6 Å². The molecule has 0 bridgehead atoms. The maximum Gasteiger partial charge on any atom is 0.264 e. The van der Waals surface area contributed by atoms with Gasteiger partial charge < -0.3 is 0 Å². The minimum Gasteiger partial charge on any atom is -0.298 e. The van der Waals surface area contributed by atoms with Crippen molar-refractivity contribution in [1.29, 1.82) is 0 Å². The van der Waals surface area contributed by atoms with Gasteiger partial charge in [-0.05, 0) is 51.6 Å². The summed E-state index contributed by atoms with van der Waals surface area (Å²) in [5, 5.41) is 12.2. The maximum absolute atomic E-state index is 12.2. The van der Waals surface area contributed by atoms with E-state index >= 15 is 0 Å². The first-order chi connectivity index (χ1) is 12.9. The van der Waals surface area contributed by atoms with Crippen LogP contribution in [0.4, 0.5) is 0 Å². The van der Waals surface area contributed by atoms with Crippen LogP contribution in [-0.4, -0.2) is 38.2 Å². The van der Waals surface area contributed by atoms with Gasteiger partial charge in [-0.25, -0.2) is 5.48 Å². The van der Waals surface area contributed by atoms with Gasteiger partial charge in [0.1, 0.15) is 5.54 Å². The first kappa shape index (κ1) is 19.2. The minimum absolute atomic E-state index is 0.118. The molecule has 3 N–H and O–H groups in total. The molecule has 0 saturated carbocycles. The molecule has 1 fully saturated rings. The molecule has 3 rings (SSSR count). The predicted octanol–water partition coefficient (Wildman–Crippen LogP) is 1.54. The van der Waals surface area contributed by atoms with Crippen molar-refractivity contribution in [2.45, 2.75) is 18.5 Å². The van der Waals surface area contributed by atoms with Crippen LogP contribution in [0, 0.1) is 11.8 Å². The van der Waals surface area contributed by atoms with Gasteiger partial charge >= 0.3 is 0 Å². The summed E-state index contributed by atoms with van der Waals surface area (Å²) in [6, 6.07) is 17.5. The molecule has 2 unspecified atom stereocenters. The summed E-state index contributed by atoms with van der Waals surface area (Å²) in [6.07, 6.45) is 0.377. The Balaban J connectivity index is 1.68. The largest absolute Gasteiger partial charge is 0.298 e. The van der Waals surface area contributed by atoms with E-state index in [4.69, 9.17) is 5.21 Å². The smallest absolute Gasteiger partial charge is 0.264 e. The Morgan fingerprint density at radius 3 is 2.30 bits per heavy atom. The summed E-state index contributed by atoms with van der Waals surface area (Å²) in [5.74, 6) is 9.84. The molecule has 2 aromatic rings. The monoisotopic (exact) mass is 382 g/mol. The number of amides is 1. The van der Waals surface area contributed by atoms with Crippen LogP contribution in [0.2, 0.25) is 0 Å². The van der Waals surface area contributed by atoms with Crippen molar-refractivity contribution in [3.63, 3.8) is 0 Å². The predicted molar refractivity (Wildman–Crippen MR) is 108 cm³/mol. The minimum atomic E-state index is -2.31. The molecular weight excluding hydrogens is 360 g/mol. The maximum atomic E-state index is 12.2. The molecule has 1 aliphatic heterocycles. The summed E-state index contributed by atoms with van der Waals surface area (Å²) >= 11 is 0. The molecule has 0 radical (unpaired) electrons. The highest BCUT2D eigenvalue weighted by Gasteiger charge is 2.45. The Morgan fingerprint density at radius 2 is 1.74 bits per heavy atom. The van der Waals surface area contributed by atoms with Crippen molar-refractivity contribution in [2.75, 3.05) is 11.5 Å². The quantitative estimate of drug-likeness (QED) is 0.324. The first-order valence-electron chi connectivity index (χ1n) is 8.61. The third-order valence-corrected chi connectivity index (χ3v) is 6.62. The van der Waals surface area contributed by atoms with Gasteiger partial charge in [0.25, 0.3) is 5.91 Å². The zero-order valence-electron chi connectivity index (χ0n) is 14.9. The highest BCUT2D eigenvalue weighted by atomic mass is 32.2. The van der Waals surface area contributed by atoms with E-state index < -0.39 is 21.0 Å². The van der Waals surface area contributed by atoms with Crippen LogP contribution >= 0.6 is 0 Å². The molecule has 1 amide bonds. The van der Waals surface area contributed by atoms with Gasteiger partial charge in [-0.2, -0.15) is 0 Å². The first-order valence-corrected chi connectivity index (χ1v) is 10.7. The number of hydrogen-bond donors (Lipinski definition) is 3.